The van der Waals surface area contributed by atoms with Gasteiger partial charge in [-0.05, 0) is 32.0 Å². The molecule has 0 aliphatic heterocycles. The van der Waals surface area contributed by atoms with E-state index in [-0.39, 0.29) is 5.91 Å². The molecule has 0 aliphatic carbocycles. The van der Waals surface area contributed by atoms with Crippen LogP contribution in [0.1, 0.15) is 21.9 Å². The van der Waals surface area contributed by atoms with E-state index in [4.69, 9.17) is 4.74 Å². The number of hydrogen-bond donors (Lipinski definition) is 1. The SMILES string of the molecule is COc1ccccc1NC(=O)c1cc(C)n2nc(C)cc2n1. The van der Waals surface area contributed by atoms with Gasteiger partial charge in [0, 0.05) is 11.8 Å². The highest BCUT2D eigenvalue weighted by Crippen LogP contribution is 2.23. The second-order valence-electron chi connectivity index (χ2n) is 4.99. The van der Waals surface area contributed by atoms with E-state index >= 15 is 0 Å². The van der Waals surface area contributed by atoms with Crippen LogP contribution in [0, 0.1) is 13.8 Å². The van der Waals surface area contributed by atoms with Gasteiger partial charge in [0.15, 0.2) is 5.65 Å². The number of hydrogen-bond acceptors (Lipinski definition) is 4. The predicted octanol–water partition coefficient (Wildman–Crippen LogP) is 2.61. The third kappa shape index (κ3) is 2.50. The van der Waals surface area contributed by atoms with Crippen LogP contribution in [0.5, 0.6) is 5.75 Å². The number of rotatable bonds is 3. The lowest BCUT2D eigenvalue weighted by Gasteiger charge is -2.10. The van der Waals surface area contributed by atoms with Crippen molar-refractivity contribution in [3.05, 3.63) is 53.5 Å². The first-order valence-corrected chi connectivity index (χ1v) is 6.87. The minimum Gasteiger partial charge on any atom is -0.495 e. The molecule has 0 saturated heterocycles. The summed E-state index contributed by atoms with van der Waals surface area (Å²) in [5.41, 5.74) is 3.32. The van der Waals surface area contributed by atoms with Crippen molar-refractivity contribution in [1.29, 1.82) is 0 Å². The van der Waals surface area contributed by atoms with Crippen LogP contribution < -0.4 is 10.1 Å². The number of aryl methyl sites for hydroxylation is 2. The van der Waals surface area contributed by atoms with Gasteiger partial charge in [-0.2, -0.15) is 5.10 Å². The molecule has 0 aliphatic rings. The van der Waals surface area contributed by atoms with Gasteiger partial charge in [0.05, 0.1) is 18.5 Å². The first kappa shape index (κ1) is 14.1. The summed E-state index contributed by atoms with van der Waals surface area (Å²) in [4.78, 5) is 16.8. The Kier molecular flexibility index (Phi) is 3.50. The molecule has 1 N–H and O–H groups in total. The number of anilines is 1. The number of carbonyl (C=O) groups is 1. The van der Waals surface area contributed by atoms with Gasteiger partial charge in [-0.1, -0.05) is 12.1 Å². The van der Waals surface area contributed by atoms with Gasteiger partial charge in [-0.25, -0.2) is 9.50 Å². The van der Waals surface area contributed by atoms with Crippen LogP contribution in [0.3, 0.4) is 0 Å². The van der Waals surface area contributed by atoms with E-state index in [2.05, 4.69) is 15.4 Å². The van der Waals surface area contributed by atoms with Crippen LogP contribution in [0.25, 0.3) is 5.65 Å². The lowest BCUT2D eigenvalue weighted by Crippen LogP contribution is -2.15. The standard InChI is InChI=1S/C16H16N4O2/c1-10-8-15-17-13(9-11(2)20(15)19-10)16(21)18-12-6-4-5-7-14(12)22-3/h4-9H,1-3H3,(H,18,21). The maximum absolute atomic E-state index is 12.4. The summed E-state index contributed by atoms with van der Waals surface area (Å²) in [7, 11) is 1.56. The highest BCUT2D eigenvalue weighted by Gasteiger charge is 2.13. The van der Waals surface area contributed by atoms with Crippen LogP contribution in [0.15, 0.2) is 36.4 Å². The molecule has 0 fully saturated rings. The molecule has 6 nitrogen and oxygen atoms in total. The van der Waals surface area contributed by atoms with Crippen molar-refractivity contribution in [1.82, 2.24) is 14.6 Å². The lowest BCUT2D eigenvalue weighted by atomic mass is 10.2. The molecule has 0 spiro atoms. The van der Waals surface area contributed by atoms with E-state index in [0.717, 1.165) is 11.4 Å². The van der Waals surface area contributed by atoms with Crippen molar-refractivity contribution in [2.24, 2.45) is 0 Å². The molecule has 0 bridgehead atoms. The Labute approximate surface area is 127 Å². The van der Waals surface area contributed by atoms with Crippen LogP contribution in [-0.4, -0.2) is 27.6 Å². The van der Waals surface area contributed by atoms with Gasteiger partial charge >= 0.3 is 0 Å². The number of amides is 1. The Hall–Kier alpha value is -2.89. The smallest absolute Gasteiger partial charge is 0.274 e. The minimum absolute atomic E-state index is 0.283. The maximum atomic E-state index is 12.4. The Morgan fingerprint density at radius 2 is 2.00 bits per heavy atom. The number of nitrogens with one attached hydrogen (secondary N) is 1. The first-order chi connectivity index (χ1) is 10.6. The average Bonchev–Trinajstić information content (AvgIpc) is 2.88. The third-order valence-electron chi connectivity index (χ3n) is 3.32. The number of carbonyl (C=O) groups excluding carboxylic acids is 1. The van der Waals surface area contributed by atoms with Gasteiger partial charge in [0.1, 0.15) is 11.4 Å². The van der Waals surface area contributed by atoms with E-state index in [1.807, 2.05) is 32.0 Å². The molecule has 6 heteroatoms. The van der Waals surface area contributed by atoms with E-state index in [9.17, 15) is 4.79 Å². The molecule has 0 radical (unpaired) electrons. The number of nitrogens with zero attached hydrogens (tertiary/aromatic N) is 3. The Morgan fingerprint density at radius 3 is 2.77 bits per heavy atom. The van der Waals surface area contributed by atoms with E-state index in [0.29, 0.717) is 22.8 Å². The topological polar surface area (TPSA) is 68.5 Å². The molecule has 0 saturated carbocycles. The van der Waals surface area contributed by atoms with Gasteiger partial charge in [0.2, 0.25) is 0 Å². The fraction of sp³-hybridized carbons (Fsp3) is 0.188. The zero-order valence-electron chi connectivity index (χ0n) is 12.6. The molecule has 22 heavy (non-hydrogen) atoms. The number of fused-ring (bicyclic) bond motifs is 1. The number of para-hydroxylation sites is 2. The molecule has 0 atom stereocenters. The molecule has 0 unspecified atom stereocenters. The average molecular weight is 296 g/mol. The molecular formula is C16H16N4O2. The summed E-state index contributed by atoms with van der Waals surface area (Å²) in [6, 6.07) is 10.8. The number of methoxy groups -OCH3 is 1. The summed E-state index contributed by atoms with van der Waals surface area (Å²) in [5.74, 6) is 0.322. The Morgan fingerprint density at radius 1 is 1.23 bits per heavy atom. The molecular weight excluding hydrogens is 280 g/mol. The Balaban J connectivity index is 1.95. The highest BCUT2D eigenvalue weighted by atomic mass is 16.5. The normalized spacial score (nSPS) is 10.7. The summed E-state index contributed by atoms with van der Waals surface area (Å²) in [5, 5.41) is 7.15. The van der Waals surface area contributed by atoms with Crippen molar-refractivity contribution in [2.75, 3.05) is 12.4 Å². The number of benzene rings is 1. The first-order valence-electron chi connectivity index (χ1n) is 6.87. The van der Waals surface area contributed by atoms with Crippen molar-refractivity contribution >= 4 is 17.2 Å². The monoisotopic (exact) mass is 296 g/mol. The van der Waals surface area contributed by atoms with Crippen LogP contribution in [0.4, 0.5) is 5.69 Å². The van der Waals surface area contributed by atoms with Gasteiger partial charge < -0.3 is 10.1 Å². The summed E-state index contributed by atoms with van der Waals surface area (Å²) < 4.78 is 6.95. The van der Waals surface area contributed by atoms with Gasteiger partial charge in [-0.15, -0.1) is 0 Å². The quantitative estimate of drug-likeness (QED) is 0.806. The molecule has 112 valence electrons. The molecule has 1 amide bonds. The highest BCUT2D eigenvalue weighted by molar-refractivity contribution is 6.04. The van der Waals surface area contributed by atoms with Crippen molar-refractivity contribution in [3.8, 4) is 5.75 Å². The molecule has 2 heterocycles. The fourth-order valence-corrected chi connectivity index (χ4v) is 2.29. The van der Waals surface area contributed by atoms with Crippen LogP contribution in [-0.2, 0) is 0 Å². The van der Waals surface area contributed by atoms with E-state index in [1.165, 1.54) is 0 Å². The minimum atomic E-state index is -0.283. The largest absolute Gasteiger partial charge is 0.495 e. The zero-order chi connectivity index (χ0) is 15.7. The molecule has 3 rings (SSSR count). The Bertz CT molecular complexity index is 854. The molecule has 3 aromatic rings. The summed E-state index contributed by atoms with van der Waals surface area (Å²) in [6.07, 6.45) is 0. The number of aromatic nitrogens is 3. The second-order valence-corrected chi connectivity index (χ2v) is 4.99. The second kappa shape index (κ2) is 5.48. The molecule has 1 aromatic carbocycles. The van der Waals surface area contributed by atoms with Gasteiger partial charge in [-0.3, -0.25) is 4.79 Å². The van der Waals surface area contributed by atoms with Crippen LogP contribution in [0.2, 0.25) is 0 Å². The van der Waals surface area contributed by atoms with Gasteiger partial charge in [0.25, 0.3) is 5.91 Å². The summed E-state index contributed by atoms with van der Waals surface area (Å²) in [6.45, 7) is 3.78. The van der Waals surface area contributed by atoms with Crippen LogP contribution >= 0.6 is 0 Å². The lowest BCUT2D eigenvalue weighted by molar-refractivity contribution is 0.102. The fourth-order valence-electron chi connectivity index (χ4n) is 2.29. The molecule has 2 aromatic heterocycles. The van der Waals surface area contributed by atoms with E-state index in [1.54, 1.807) is 29.8 Å². The van der Waals surface area contributed by atoms with Crippen molar-refractivity contribution in [3.63, 3.8) is 0 Å². The van der Waals surface area contributed by atoms with E-state index < -0.39 is 0 Å². The third-order valence-corrected chi connectivity index (χ3v) is 3.32. The zero-order valence-corrected chi connectivity index (χ0v) is 12.6. The predicted molar refractivity (Wildman–Crippen MR) is 83.4 cm³/mol. The maximum Gasteiger partial charge on any atom is 0.274 e. The van der Waals surface area contributed by atoms with Crippen molar-refractivity contribution in [2.45, 2.75) is 13.8 Å². The number of ether oxygens (including phenoxy) is 1. The summed E-state index contributed by atoms with van der Waals surface area (Å²) >= 11 is 0. The van der Waals surface area contributed by atoms with Crippen molar-refractivity contribution < 1.29 is 9.53 Å².